The third-order valence-corrected chi connectivity index (χ3v) is 5.87. The van der Waals surface area contributed by atoms with Crippen molar-refractivity contribution in [3.05, 3.63) is 56.7 Å². The van der Waals surface area contributed by atoms with Gasteiger partial charge in [-0.05, 0) is 36.8 Å². The van der Waals surface area contributed by atoms with Crippen LogP contribution in [0.3, 0.4) is 0 Å². The van der Waals surface area contributed by atoms with E-state index in [0.29, 0.717) is 0 Å². The van der Waals surface area contributed by atoms with Gasteiger partial charge >= 0.3 is 0 Å². The highest BCUT2D eigenvalue weighted by Gasteiger charge is 2.23. The standard InChI is InChI=1S/C20H27ClN4OS/c1-15-6-7-18(27-15)13-23-20(22-2)24-14-19(25-8-10-26-11-9-25)16-4-3-5-17(21)12-16/h3-7,12,19H,8-11,13-14H2,1-2H3,(H2,22,23,24). The molecular weight excluding hydrogens is 380 g/mol. The highest BCUT2D eigenvalue weighted by Crippen LogP contribution is 2.24. The minimum atomic E-state index is 0.218. The Hall–Kier alpha value is -1.60. The molecule has 1 saturated heterocycles. The van der Waals surface area contributed by atoms with Gasteiger partial charge in [-0.2, -0.15) is 0 Å². The fourth-order valence-corrected chi connectivity index (χ4v) is 4.25. The lowest BCUT2D eigenvalue weighted by molar-refractivity contribution is 0.0170. The Morgan fingerprint density at radius 3 is 2.74 bits per heavy atom. The Morgan fingerprint density at radius 2 is 2.07 bits per heavy atom. The summed E-state index contributed by atoms with van der Waals surface area (Å²) in [6.07, 6.45) is 0. The van der Waals surface area contributed by atoms with Gasteiger partial charge in [-0.15, -0.1) is 11.3 Å². The van der Waals surface area contributed by atoms with Crippen LogP contribution in [0.5, 0.6) is 0 Å². The fraction of sp³-hybridized carbons (Fsp3) is 0.450. The van der Waals surface area contributed by atoms with Gasteiger partial charge in [0, 0.05) is 41.5 Å². The summed E-state index contributed by atoms with van der Waals surface area (Å²) >= 11 is 8.04. The van der Waals surface area contributed by atoms with Gasteiger partial charge < -0.3 is 15.4 Å². The van der Waals surface area contributed by atoms with E-state index in [9.17, 15) is 0 Å². The van der Waals surface area contributed by atoms with E-state index in [4.69, 9.17) is 16.3 Å². The van der Waals surface area contributed by atoms with Crippen LogP contribution in [0.2, 0.25) is 5.02 Å². The van der Waals surface area contributed by atoms with Crippen molar-refractivity contribution in [3.63, 3.8) is 0 Å². The van der Waals surface area contributed by atoms with Gasteiger partial charge in [-0.1, -0.05) is 23.7 Å². The normalized spacial score (nSPS) is 16.9. The minimum Gasteiger partial charge on any atom is -0.379 e. The van der Waals surface area contributed by atoms with E-state index < -0.39 is 0 Å². The van der Waals surface area contributed by atoms with Crippen molar-refractivity contribution >= 4 is 28.9 Å². The van der Waals surface area contributed by atoms with Crippen molar-refractivity contribution in [1.82, 2.24) is 15.5 Å². The molecule has 27 heavy (non-hydrogen) atoms. The Morgan fingerprint density at radius 1 is 1.26 bits per heavy atom. The summed E-state index contributed by atoms with van der Waals surface area (Å²) in [7, 11) is 1.80. The highest BCUT2D eigenvalue weighted by atomic mass is 35.5. The molecule has 7 heteroatoms. The quantitative estimate of drug-likeness (QED) is 0.569. The van der Waals surface area contributed by atoms with E-state index in [1.54, 1.807) is 18.4 Å². The number of benzene rings is 1. The maximum atomic E-state index is 6.24. The zero-order valence-corrected chi connectivity index (χ0v) is 17.4. The molecule has 146 valence electrons. The van der Waals surface area contributed by atoms with Crippen molar-refractivity contribution < 1.29 is 4.74 Å². The second-order valence-electron chi connectivity index (χ2n) is 6.54. The smallest absolute Gasteiger partial charge is 0.191 e. The van der Waals surface area contributed by atoms with Crippen molar-refractivity contribution in [3.8, 4) is 0 Å². The number of ether oxygens (including phenoxy) is 1. The summed E-state index contributed by atoms with van der Waals surface area (Å²) in [6, 6.07) is 12.6. The van der Waals surface area contributed by atoms with Gasteiger partial charge in [0.05, 0.1) is 25.8 Å². The Balaban J connectivity index is 1.63. The van der Waals surface area contributed by atoms with Gasteiger partial charge in [-0.3, -0.25) is 9.89 Å². The molecule has 0 bridgehead atoms. The van der Waals surface area contributed by atoms with Crippen molar-refractivity contribution in [1.29, 1.82) is 0 Å². The van der Waals surface area contributed by atoms with Crippen LogP contribution in [0.4, 0.5) is 0 Å². The monoisotopic (exact) mass is 406 g/mol. The zero-order valence-electron chi connectivity index (χ0n) is 15.9. The van der Waals surface area contributed by atoms with Gasteiger partial charge in [0.15, 0.2) is 5.96 Å². The molecule has 1 aromatic heterocycles. The summed E-state index contributed by atoms with van der Waals surface area (Å²) in [5, 5.41) is 7.65. The second kappa shape index (κ2) is 10.1. The number of halogens is 1. The first kappa shape index (κ1) is 20.1. The molecule has 1 unspecified atom stereocenters. The molecule has 0 saturated carbocycles. The van der Waals surface area contributed by atoms with E-state index in [1.807, 2.05) is 18.2 Å². The molecule has 1 aliphatic heterocycles. The number of nitrogens with zero attached hydrogens (tertiary/aromatic N) is 2. The molecule has 2 N–H and O–H groups in total. The van der Waals surface area contributed by atoms with Crippen molar-refractivity contribution in [2.24, 2.45) is 4.99 Å². The van der Waals surface area contributed by atoms with Crippen LogP contribution in [0.15, 0.2) is 41.4 Å². The van der Waals surface area contributed by atoms with E-state index in [-0.39, 0.29) is 6.04 Å². The van der Waals surface area contributed by atoms with E-state index >= 15 is 0 Å². The Labute approximate surface area is 170 Å². The molecule has 2 aromatic rings. The summed E-state index contributed by atoms with van der Waals surface area (Å²) in [4.78, 5) is 9.43. The average molecular weight is 407 g/mol. The molecule has 2 heterocycles. The minimum absolute atomic E-state index is 0.218. The van der Waals surface area contributed by atoms with Crippen molar-refractivity contribution in [2.45, 2.75) is 19.5 Å². The number of rotatable bonds is 6. The number of thiophene rings is 1. The lowest BCUT2D eigenvalue weighted by Gasteiger charge is -2.35. The van der Waals surface area contributed by atoms with Crippen LogP contribution in [0, 0.1) is 6.92 Å². The van der Waals surface area contributed by atoms with Gasteiger partial charge in [0.1, 0.15) is 0 Å². The lowest BCUT2D eigenvalue weighted by Crippen LogP contribution is -2.46. The van der Waals surface area contributed by atoms with E-state index in [0.717, 1.165) is 50.4 Å². The first-order valence-corrected chi connectivity index (χ1v) is 10.4. The summed E-state index contributed by atoms with van der Waals surface area (Å²) in [5.41, 5.74) is 1.21. The molecule has 0 aliphatic carbocycles. The number of aryl methyl sites for hydroxylation is 1. The second-order valence-corrected chi connectivity index (χ2v) is 8.35. The number of aliphatic imine (C=N–C) groups is 1. The lowest BCUT2D eigenvalue weighted by atomic mass is 10.0. The molecule has 5 nitrogen and oxygen atoms in total. The van der Waals surface area contributed by atoms with Gasteiger partial charge in [0.2, 0.25) is 0 Å². The third-order valence-electron chi connectivity index (χ3n) is 4.63. The van der Waals surface area contributed by atoms with Gasteiger partial charge in [-0.25, -0.2) is 0 Å². The Kier molecular flexibility index (Phi) is 7.52. The molecule has 1 atom stereocenters. The first-order valence-electron chi connectivity index (χ1n) is 9.23. The SMILES string of the molecule is CN=C(NCc1ccc(C)s1)NCC(c1cccc(Cl)c1)N1CCOCC1. The summed E-state index contributed by atoms with van der Waals surface area (Å²) in [6.45, 7) is 7.02. The summed E-state index contributed by atoms with van der Waals surface area (Å²) in [5.74, 6) is 0.807. The first-order chi connectivity index (χ1) is 13.2. The third kappa shape index (κ3) is 5.94. The predicted molar refractivity (Wildman–Crippen MR) is 114 cm³/mol. The number of hydrogen-bond acceptors (Lipinski definition) is 4. The maximum Gasteiger partial charge on any atom is 0.191 e. The molecule has 1 fully saturated rings. The predicted octanol–water partition coefficient (Wildman–Crippen LogP) is 3.45. The molecule has 1 aromatic carbocycles. The number of morpholine rings is 1. The fourth-order valence-electron chi connectivity index (χ4n) is 3.23. The summed E-state index contributed by atoms with van der Waals surface area (Å²) < 4.78 is 5.52. The van der Waals surface area contributed by atoms with E-state index in [1.165, 1.54) is 15.3 Å². The van der Waals surface area contributed by atoms with Gasteiger partial charge in [0.25, 0.3) is 0 Å². The van der Waals surface area contributed by atoms with E-state index in [2.05, 4.69) is 45.6 Å². The number of hydrogen-bond donors (Lipinski definition) is 2. The average Bonchev–Trinajstić information content (AvgIpc) is 3.10. The maximum absolute atomic E-state index is 6.24. The molecule has 0 radical (unpaired) electrons. The van der Waals surface area contributed by atoms with Crippen LogP contribution in [-0.2, 0) is 11.3 Å². The highest BCUT2D eigenvalue weighted by molar-refractivity contribution is 7.11. The van der Waals surface area contributed by atoms with Crippen LogP contribution in [0.25, 0.3) is 0 Å². The Bertz CT molecular complexity index is 758. The van der Waals surface area contributed by atoms with Crippen LogP contribution < -0.4 is 10.6 Å². The topological polar surface area (TPSA) is 48.9 Å². The molecule has 0 spiro atoms. The number of guanidine groups is 1. The molecular formula is C20H27ClN4OS. The largest absolute Gasteiger partial charge is 0.379 e. The van der Waals surface area contributed by atoms with Crippen LogP contribution in [-0.4, -0.2) is 50.8 Å². The molecule has 3 rings (SSSR count). The van der Waals surface area contributed by atoms with Crippen molar-refractivity contribution in [2.75, 3.05) is 39.9 Å². The van der Waals surface area contributed by atoms with Crippen LogP contribution in [0.1, 0.15) is 21.4 Å². The number of nitrogens with one attached hydrogen (secondary N) is 2. The molecule has 0 amide bonds. The zero-order chi connectivity index (χ0) is 19.1. The van der Waals surface area contributed by atoms with Crippen LogP contribution >= 0.6 is 22.9 Å². The molecule has 1 aliphatic rings.